The fourth-order valence-corrected chi connectivity index (χ4v) is 2.50. The number of benzene rings is 2. The van der Waals surface area contributed by atoms with Crippen LogP contribution in [0.15, 0.2) is 71.9 Å². The van der Waals surface area contributed by atoms with Crippen molar-refractivity contribution in [1.29, 1.82) is 0 Å². The summed E-state index contributed by atoms with van der Waals surface area (Å²) in [5.41, 5.74) is 2.93. The number of hydrogen-bond acceptors (Lipinski definition) is 4. The lowest BCUT2D eigenvalue weighted by Gasteiger charge is -2.12. The number of hydrogen-bond donors (Lipinski definition) is 0. The zero-order valence-corrected chi connectivity index (χ0v) is 16.0. The Morgan fingerprint density at radius 2 is 1.86 bits per heavy atom. The summed E-state index contributed by atoms with van der Waals surface area (Å²) in [6, 6.07) is 19.1. The highest BCUT2D eigenvalue weighted by molar-refractivity contribution is 5.68. The van der Waals surface area contributed by atoms with Crippen molar-refractivity contribution in [2.45, 2.75) is 26.9 Å². The average Bonchev–Trinajstić information content (AvgIpc) is 2.72. The van der Waals surface area contributed by atoms with Crippen LogP contribution in [0.25, 0.3) is 5.69 Å². The standard InChI is InChI=1S/C22H23N3O3/c1-3-13-27-21-14-19(15-23-25(21)20-7-5-4-6-8-20)24-22(26)28-16-18-11-9-17(2)10-12-18/h4-12,14-15H,3,13,16H2,1-2H3/b24-19+. The summed E-state index contributed by atoms with van der Waals surface area (Å²) in [5, 5.41) is 4.75. The number of aromatic nitrogens is 2. The second-order valence-corrected chi connectivity index (χ2v) is 6.30. The molecule has 0 spiro atoms. The maximum Gasteiger partial charge on any atom is 0.434 e. The normalized spacial score (nSPS) is 11.3. The molecule has 0 radical (unpaired) electrons. The van der Waals surface area contributed by atoms with Crippen molar-refractivity contribution >= 4 is 6.09 Å². The molecule has 0 saturated heterocycles. The first-order valence-electron chi connectivity index (χ1n) is 9.20. The Hall–Kier alpha value is -3.41. The van der Waals surface area contributed by atoms with E-state index < -0.39 is 6.09 Å². The van der Waals surface area contributed by atoms with E-state index >= 15 is 0 Å². The molecular formula is C22H23N3O3. The Labute approximate surface area is 164 Å². The third-order valence-corrected chi connectivity index (χ3v) is 3.94. The van der Waals surface area contributed by atoms with Gasteiger partial charge in [0, 0.05) is 6.07 Å². The smallest absolute Gasteiger partial charge is 0.434 e. The highest BCUT2D eigenvalue weighted by atomic mass is 16.5. The van der Waals surface area contributed by atoms with E-state index in [0.29, 0.717) is 17.8 Å². The van der Waals surface area contributed by atoms with Crippen molar-refractivity contribution in [3.8, 4) is 11.6 Å². The number of amides is 1. The molecule has 1 amide bonds. The number of nitrogens with zero attached hydrogens (tertiary/aromatic N) is 3. The first-order chi connectivity index (χ1) is 13.7. The van der Waals surface area contributed by atoms with Gasteiger partial charge in [0.2, 0.25) is 5.88 Å². The number of carbonyl (C=O) groups excluding carboxylic acids is 1. The second-order valence-electron chi connectivity index (χ2n) is 6.30. The van der Waals surface area contributed by atoms with Crippen molar-refractivity contribution in [3.63, 3.8) is 0 Å². The van der Waals surface area contributed by atoms with E-state index in [1.54, 1.807) is 10.7 Å². The Morgan fingerprint density at radius 3 is 2.57 bits per heavy atom. The molecular weight excluding hydrogens is 354 g/mol. The topological polar surface area (TPSA) is 65.7 Å². The SMILES string of the molecule is CCCOc1c/c(=N\C(=O)OCc2ccc(C)cc2)cnn1-c1ccccc1. The maximum atomic E-state index is 12.1. The second kappa shape index (κ2) is 9.50. The summed E-state index contributed by atoms with van der Waals surface area (Å²) in [7, 11) is 0. The molecule has 0 saturated carbocycles. The van der Waals surface area contributed by atoms with Gasteiger partial charge in [0.25, 0.3) is 0 Å². The van der Waals surface area contributed by atoms with Crippen LogP contribution in [-0.2, 0) is 11.3 Å². The lowest BCUT2D eigenvalue weighted by atomic mass is 10.2. The number of carbonyl (C=O) groups is 1. The summed E-state index contributed by atoms with van der Waals surface area (Å²) in [6.45, 7) is 4.74. The van der Waals surface area contributed by atoms with E-state index in [1.165, 1.54) is 6.20 Å². The van der Waals surface area contributed by atoms with Crippen LogP contribution >= 0.6 is 0 Å². The van der Waals surface area contributed by atoms with Gasteiger partial charge in [-0.3, -0.25) is 0 Å². The summed E-state index contributed by atoms with van der Waals surface area (Å²) in [4.78, 5) is 16.0. The molecule has 144 valence electrons. The third kappa shape index (κ3) is 5.30. The molecule has 0 unspecified atom stereocenters. The fourth-order valence-electron chi connectivity index (χ4n) is 2.50. The van der Waals surface area contributed by atoms with E-state index in [-0.39, 0.29) is 6.61 Å². The van der Waals surface area contributed by atoms with Crippen molar-refractivity contribution in [2.75, 3.05) is 6.61 Å². The largest absolute Gasteiger partial charge is 0.478 e. The fraction of sp³-hybridized carbons (Fsp3) is 0.227. The summed E-state index contributed by atoms with van der Waals surface area (Å²) < 4.78 is 12.7. The molecule has 0 bridgehead atoms. The van der Waals surface area contributed by atoms with Gasteiger partial charge in [0.1, 0.15) is 6.61 Å². The molecule has 2 aromatic carbocycles. The lowest BCUT2D eigenvalue weighted by molar-refractivity contribution is 0.150. The Morgan fingerprint density at radius 1 is 1.11 bits per heavy atom. The van der Waals surface area contributed by atoms with Gasteiger partial charge in [-0.2, -0.15) is 10.1 Å². The first kappa shape index (κ1) is 19.4. The molecule has 0 aliphatic heterocycles. The van der Waals surface area contributed by atoms with Gasteiger partial charge < -0.3 is 9.47 Å². The minimum Gasteiger partial charge on any atom is -0.478 e. The van der Waals surface area contributed by atoms with Crippen LogP contribution in [0.4, 0.5) is 4.79 Å². The van der Waals surface area contributed by atoms with Gasteiger partial charge in [-0.1, -0.05) is 55.0 Å². The monoisotopic (exact) mass is 377 g/mol. The van der Waals surface area contributed by atoms with Crippen LogP contribution in [0.3, 0.4) is 0 Å². The van der Waals surface area contributed by atoms with Gasteiger partial charge in [0.15, 0.2) is 0 Å². The maximum absolute atomic E-state index is 12.1. The van der Waals surface area contributed by atoms with E-state index in [9.17, 15) is 4.79 Å². The van der Waals surface area contributed by atoms with Crippen molar-refractivity contribution in [3.05, 3.63) is 83.3 Å². The van der Waals surface area contributed by atoms with Gasteiger partial charge in [0.05, 0.1) is 23.8 Å². The molecule has 3 rings (SSSR count). The van der Waals surface area contributed by atoms with Gasteiger partial charge in [-0.05, 0) is 31.0 Å². The first-order valence-corrected chi connectivity index (χ1v) is 9.20. The van der Waals surface area contributed by atoms with Crippen LogP contribution < -0.4 is 10.1 Å². The van der Waals surface area contributed by atoms with Crippen LogP contribution in [0, 0.1) is 6.92 Å². The Kier molecular flexibility index (Phi) is 6.57. The summed E-state index contributed by atoms with van der Waals surface area (Å²) in [5.74, 6) is 0.514. The Balaban J connectivity index is 1.78. The van der Waals surface area contributed by atoms with Crippen LogP contribution in [0.2, 0.25) is 0 Å². The van der Waals surface area contributed by atoms with E-state index in [4.69, 9.17) is 9.47 Å². The van der Waals surface area contributed by atoms with Crippen molar-refractivity contribution in [2.24, 2.45) is 4.99 Å². The number of ether oxygens (including phenoxy) is 2. The molecule has 3 aromatic rings. The van der Waals surface area contributed by atoms with E-state index in [0.717, 1.165) is 23.2 Å². The van der Waals surface area contributed by atoms with E-state index in [1.807, 2.05) is 68.4 Å². The molecule has 0 fully saturated rings. The molecule has 6 heteroatoms. The molecule has 0 N–H and O–H groups in total. The zero-order chi connectivity index (χ0) is 19.8. The quantitative estimate of drug-likeness (QED) is 0.645. The van der Waals surface area contributed by atoms with Crippen molar-refractivity contribution < 1.29 is 14.3 Å². The van der Waals surface area contributed by atoms with Crippen molar-refractivity contribution in [1.82, 2.24) is 9.78 Å². The molecule has 1 heterocycles. The zero-order valence-electron chi connectivity index (χ0n) is 16.0. The Bertz CT molecular complexity index is 980. The minimum atomic E-state index is -0.665. The number of aryl methyl sites for hydroxylation is 1. The lowest BCUT2D eigenvalue weighted by Crippen LogP contribution is -2.16. The number of para-hydroxylation sites is 1. The van der Waals surface area contributed by atoms with E-state index in [2.05, 4.69) is 10.1 Å². The molecule has 6 nitrogen and oxygen atoms in total. The van der Waals surface area contributed by atoms with Gasteiger partial charge in [-0.15, -0.1) is 0 Å². The predicted molar refractivity (Wildman–Crippen MR) is 106 cm³/mol. The van der Waals surface area contributed by atoms with Crippen LogP contribution in [-0.4, -0.2) is 22.5 Å². The average molecular weight is 377 g/mol. The summed E-state index contributed by atoms with van der Waals surface area (Å²) in [6.07, 6.45) is 1.70. The van der Waals surface area contributed by atoms with Gasteiger partial charge >= 0.3 is 6.09 Å². The molecule has 28 heavy (non-hydrogen) atoms. The van der Waals surface area contributed by atoms with Crippen LogP contribution in [0.1, 0.15) is 24.5 Å². The summed E-state index contributed by atoms with van der Waals surface area (Å²) >= 11 is 0. The molecule has 0 aliphatic carbocycles. The molecule has 0 atom stereocenters. The molecule has 0 aliphatic rings. The molecule has 1 aromatic heterocycles. The highest BCUT2D eigenvalue weighted by Crippen LogP contribution is 2.14. The number of rotatable bonds is 6. The van der Waals surface area contributed by atoms with Crippen LogP contribution in [0.5, 0.6) is 5.88 Å². The van der Waals surface area contributed by atoms with Gasteiger partial charge in [-0.25, -0.2) is 9.48 Å². The third-order valence-electron chi connectivity index (χ3n) is 3.94. The predicted octanol–water partition coefficient (Wildman–Crippen LogP) is 4.21. The minimum absolute atomic E-state index is 0.173. The highest BCUT2D eigenvalue weighted by Gasteiger charge is 2.07.